The Hall–Kier alpha value is -1.16. The van der Waals surface area contributed by atoms with Crippen molar-refractivity contribution < 1.29 is 13.5 Å². The van der Waals surface area contributed by atoms with Gasteiger partial charge in [0.15, 0.2) is 0 Å². The molecule has 0 bridgehead atoms. The molecule has 1 aromatic rings. The van der Waals surface area contributed by atoms with Crippen molar-refractivity contribution in [2.45, 2.75) is 18.9 Å². The van der Waals surface area contributed by atoms with E-state index in [1.165, 1.54) is 12.1 Å². The molecule has 0 fully saturated rings. The van der Waals surface area contributed by atoms with Crippen molar-refractivity contribution in [2.75, 3.05) is 6.61 Å². The number of fused-ring (bicyclic) bond motifs is 1. The largest absolute Gasteiger partial charge is 0.493 e. The van der Waals surface area contributed by atoms with Gasteiger partial charge in [0.1, 0.15) is 5.75 Å². The molecule has 1 heterocycles. The minimum absolute atomic E-state index is 0.00435. The number of benzene rings is 1. The molecule has 0 saturated carbocycles. The highest BCUT2D eigenvalue weighted by Crippen LogP contribution is 2.33. The molecule has 0 aromatic heterocycles. The molecule has 0 aliphatic carbocycles. The van der Waals surface area contributed by atoms with Crippen molar-refractivity contribution in [3.05, 3.63) is 29.3 Å². The zero-order valence-corrected chi connectivity index (χ0v) is 7.54. The molecule has 1 unspecified atom stereocenters. The van der Waals surface area contributed by atoms with Gasteiger partial charge >= 0.3 is 0 Å². The van der Waals surface area contributed by atoms with Crippen LogP contribution in [0.3, 0.4) is 0 Å². The molecule has 0 radical (unpaired) electrons. The van der Waals surface area contributed by atoms with Crippen LogP contribution in [0.1, 0.15) is 30.0 Å². The Labute approximate surface area is 80.7 Å². The predicted molar refractivity (Wildman–Crippen MR) is 48.4 cm³/mol. The van der Waals surface area contributed by atoms with E-state index in [4.69, 9.17) is 10.5 Å². The molecule has 76 valence electrons. The van der Waals surface area contributed by atoms with Crippen LogP contribution in [-0.2, 0) is 0 Å². The second-order valence-electron chi connectivity index (χ2n) is 3.34. The quantitative estimate of drug-likeness (QED) is 0.753. The second-order valence-corrected chi connectivity index (χ2v) is 3.34. The van der Waals surface area contributed by atoms with Crippen LogP contribution in [0, 0.1) is 0 Å². The summed E-state index contributed by atoms with van der Waals surface area (Å²) in [5.41, 5.74) is 6.48. The summed E-state index contributed by atoms with van der Waals surface area (Å²) in [5.74, 6) is 0.633. The van der Waals surface area contributed by atoms with E-state index in [0.29, 0.717) is 24.3 Å². The van der Waals surface area contributed by atoms with Gasteiger partial charge in [0, 0.05) is 23.6 Å². The minimum atomic E-state index is -2.45. The second kappa shape index (κ2) is 3.53. The highest BCUT2D eigenvalue weighted by Gasteiger charge is 2.20. The summed E-state index contributed by atoms with van der Waals surface area (Å²) in [6.07, 6.45) is -1.77. The van der Waals surface area contributed by atoms with Crippen LogP contribution < -0.4 is 10.5 Å². The molecular weight excluding hydrogens is 188 g/mol. The Morgan fingerprint density at radius 3 is 2.93 bits per heavy atom. The van der Waals surface area contributed by atoms with Crippen molar-refractivity contribution in [3.63, 3.8) is 0 Å². The molecule has 2 nitrogen and oxygen atoms in total. The third-order valence-corrected chi connectivity index (χ3v) is 2.37. The first-order valence-corrected chi connectivity index (χ1v) is 4.49. The Morgan fingerprint density at radius 2 is 2.21 bits per heavy atom. The fraction of sp³-hybridized carbons (Fsp3) is 0.400. The number of alkyl halides is 2. The third kappa shape index (κ3) is 1.57. The number of ether oxygens (including phenoxy) is 1. The van der Waals surface area contributed by atoms with Crippen LogP contribution in [0.4, 0.5) is 8.78 Å². The van der Waals surface area contributed by atoms with Crippen LogP contribution in [0.15, 0.2) is 18.2 Å². The van der Waals surface area contributed by atoms with Crippen LogP contribution in [0.5, 0.6) is 5.75 Å². The number of halogens is 2. The van der Waals surface area contributed by atoms with Gasteiger partial charge in [-0.05, 0) is 18.2 Å². The van der Waals surface area contributed by atoms with E-state index >= 15 is 0 Å². The molecular formula is C10H11F2NO. The molecule has 14 heavy (non-hydrogen) atoms. The smallest absolute Gasteiger partial charge is 0.263 e. The summed E-state index contributed by atoms with van der Waals surface area (Å²) in [5, 5.41) is 0. The third-order valence-electron chi connectivity index (χ3n) is 2.37. The van der Waals surface area contributed by atoms with Gasteiger partial charge in [-0.25, -0.2) is 8.78 Å². The van der Waals surface area contributed by atoms with Gasteiger partial charge < -0.3 is 10.5 Å². The van der Waals surface area contributed by atoms with Gasteiger partial charge in [-0.15, -0.1) is 0 Å². The van der Waals surface area contributed by atoms with E-state index in [2.05, 4.69) is 0 Å². The lowest BCUT2D eigenvalue weighted by molar-refractivity contribution is 0.151. The Bertz CT molecular complexity index is 341. The highest BCUT2D eigenvalue weighted by molar-refractivity contribution is 5.40. The molecule has 1 aliphatic rings. The van der Waals surface area contributed by atoms with E-state index in [0.717, 1.165) is 0 Å². The topological polar surface area (TPSA) is 35.2 Å². The van der Waals surface area contributed by atoms with E-state index < -0.39 is 6.43 Å². The van der Waals surface area contributed by atoms with E-state index in [-0.39, 0.29) is 11.6 Å². The Morgan fingerprint density at radius 1 is 1.43 bits per heavy atom. The molecule has 2 rings (SSSR count). The van der Waals surface area contributed by atoms with Gasteiger partial charge in [0.2, 0.25) is 0 Å². The molecule has 1 aliphatic heterocycles. The van der Waals surface area contributed by atoms with Crippen molar-refractivity contribution in [2.24, 2.45) is 5.73 Å². The summed E-state index contributed by atoms with van der Waals surface area (Å²) in [6, 6.07) is 4.19. The predicted octanol–water partition coefficient (Wildman–Crippen LogP) is 2.41. The van der Waals surface area contributed by atoms with E-state index in [1.54, 1.807) is 6.07 Å². The fourth-order valence-electron chi connectivity index (χ4n) is 1.58. The van der Waals surface area contributed by atoms with E-state index in [9.17, 15) is 8.78 Å². The van der Waals surface area contributed by atoms with Gasteiger partial charge in [-0.1, -0.05) is 0 Å². The summed E-state index contributed by atoms with van der Waals surface area (Å²) < 4.78 is 30.1. The number of hydrogen-bond acceptors (Lipinski definition) is 2. The molecule has 0 amide bonds. The monoisotopic (exact) mass is 199 g/mol. The fourth-order valence-corrected chi connectivity index (χ4v) is 1.58. The van der Waals surface area contributed by atoms with Gasteiger partial charge in [0.25, 0.3) is 6.43 Å². The first kappa shape index (κ1) is 9.40. The van der Waals surface area contributed by atoms with Gasteiger partial charge in [0.05, 0.1) is 6.61 Å². The normalized spacial score (nSPS) is 20.4. The standard InChI is InChI=1S/C10H11F2NO/c11-10(12)6-1-2-9-7(5-6)8(13)3-4-14-9/h1-2,5,8,10H,3-4,13H2. The van der Waals surface area contributed by atoms with Crippen LogP contribution in [-0.4, -0.2) is 6.61 Å². The first-order chi connectivity index (χ1) is 6.68. The lowest BCUT2D eigenvalue weighted by Gasteiger charge is -2.23. The van der Waals surface area contributed by atoms with E-state index in [1.807, 2.05) is 0 Å². The van der Waals surface area contributed by atoms with Crippen molar-refractivity contribution in [1.82, 2.24) is 0 Å². The number of nitrogens with two attached hydrogens (primary N) is 1. The average Bonchev–Trinajstić information content (AvgIpc) is 2.18. The van der Waals surface area contributed by atoms with Crippen molar-refractivity contribution in [3.8, 4) is 5.75 Å². The van der Waals surface area contributed by atoms with Crippen molar-refractivity contribution >= 4 is 0 Å². The maximum absolute atomic E-state index is 12.4. The maximum Gasteiger partial charge on any atom is 0.263 e. The summed E-state index contributed by atoms with van der Waals surface area (Å²) in [7, 11) is 0. The Balaban J connectivity index is 2.41. The van der Waals surface area contributed by atoms with Crippen molar-refractivity contribution in [1.29, 1.82) is 0 Å². The minimum Gasteiger partial charge on any atom is -0.493 e. The SMILES string of the molecule is NC1CCOc2ccc(C(F)F)cc21. The van der Waals surface area contributed by atoms with Crippen LogP contribution >= 0.6 is 0 Å². The zero-order chi connectivity index (χ0) is 10.1. The highest BCUT2D eigenvalue weighted by atomic mass is 19.3. The molecule has 1 atom stereocenters. The molecule has 4 heteroatoms. The summed E-state index contributed by atoms with van der Waals surface area (Å²) in [6.45, 7) is 0.558. The van der Waals surface area contributed by atoms with Crippen LogP contribution in [0.25, 0.3) is 0 Å². The lowest BCUT2D eigenvalue weighted by Crippen LogP contribution is -2.20. The average molecular weight is 199 g/mol. The number of hydrogen-bond donors (Lipinski definition) is 1. The summed E-state index contributed by atoms with van der Waals surface area (Å²) in [4.78, 5) is 0. The molecule has 0 saturated heterocycles. The van der Waals surface area contributed by atoms with Gasteiger partial charge in [-0.3, -0.25) is 0 Å². The number of rotatable bonds is 1. The first-order valence-electron chi connectivity index (χ1n) is 4.49. The Kier molecular flexibility index (Phi) is 2.37. The maximum atomic E-state index is 12.4. The molecule has 2 N–H and O–H groups in total. The zero-order valence-electron chi connectivity index (χ0n) is 7.54. The van der Waals surface area contributed by atoms with Crippen LogP contribution in [0.2, 0.25) is 0 Å². The molecule has 1 aromatic carbocycles. The van der Waals surface area contributed by atoms with Gasteiger partial charge in [-0.2, -0.15) is 0 Å². The summed E-state index contributed by atoms with van der Waals surface area (Å²) >= 11 is 0. The lowest BCUT2D eigenvalue weighted by atomic mass is 9.99. The molecule has 0 spiro atoms.